The molecule has 1 N–H and O–H groups in total. The first kappa shape index (κ1) is 11.0. The van der Waals surface area contributed by atoms with Crippen molar-refractivity contribution < 1.29 is 4.79 Å². The van der Waals surface area contributed by atoms with Crippen molar-refractivity contribution in [2.24, 2.45) is 4.99 Å². The number of hydrogen-bond acceptors (Lipinski definition) is 2. The number of halogens is 1. The molecule has 18 heavy (non-hydrogen) atoms. The summed E-state index contributed by atoms with van der Waals surface area (Å²) < 4.78 is 0. The summed E-state index contributed by atoms with van der Waals surface area (Å²) in [5.41, 5.74) is 2.59. The highest BCUT2D eigenvalue weighted by molar-refractivity contribution is 6.54. The standard InChI is InChI=1S/C14H9ClN2O/c15-10-6-2-4-8-12(10)16-13-9-5-1-3-7-11(9)17-14(13)18/h1-8H,(H,16,17,18). The van der Waals surface area contributed by atoms with Crippen LogP contribution in [0.4, 0.5) is 11.4 Å². The molecule has 0 aliphatic carbocycles. The number of fused-ring (bicyclic) bond motifs is 1. The van der Waals surface area contributed by atoms with E-state index in [1.165, 1.54) is 0 Å². The van der Waals surface area contributed by atoms with Crippen molar-refractivity contribution >= 4 is 34.6 Å². The summed E-state index contributed by atoms with van der Waals surface area (Å²) in [5, 5.41) is 3.30. The summed E-state index contributed by atoms with van der Waals surface area (Å²) in [5.74, 6) is -0.198. The van der Waals surface area contributed by atoms with Gasteiger partial charge in [-0.2, -0.15) is 0 Å². The number of benzene rings is 2. The third kappa shape index (κ3) is 1.79. The smallest absolute Gasteiger partial charge is 0.275 e. The van der Waals surface area contributed by atoms with Gasteiger partial charge >= 0.3 is 0 Å². The molecule has 0 aromatic heterocycles. The number of nitrogens with zero attached hydrogens (tertiary/aromatic N) is 1. The predicted molar refractivity (Wildman–Crippen MR) is 72.7 cm³/mol. The molecule has 0 atom stereocenters. The Bertz CT molecular complexity index is 664. The number of carbonyl (C=O) groups is 1. The zero-order valence-corrected chi connectivity index (χ0v) is 10.1. The Balaban J connectivity index is 2.13. The molecule has 88 valence electrons. The molecule has 0 bridgehead atoms. The van der Waals surface area contributed by atoms with Crippen molar-refractivity contribution in [3.63, 3.8) is 0 Å². The fourth-order valence-corrected chi connectivity index (χ4v) is 2.05. The molecule has 3 rings (SSSR count). The number of hydrogen-bond donors (Lipinski definition) is 1. The van der Waals surface area contributed by atoms with Crippen molar-refractivity contribution in [2.75, 3.05) is 5.32 Å². The van der Waals surface area contributed by atoms with E-state index in [2.05, 4.69) is 10.3 Å². The molecule has 0 unspecified atom stereocenters. The number of carbonyl (C=O) groups excluding carboxylic acids is 1. The largest absolute Gasteiger partial charge is 0.320 e. The van der Waals surface area contributed by atoms with E-state index in [0.717, 1.165) is 11.3 Å². The van der Waals surface area contributed by atoms with E-state index >= 15 is 0 Å². The van der Waals surface area contributed by atoms with E-state index in [4.69, 9.17) is 11.6 Å². The van der Waals surface area contributed by atoms with Crippen molar-refractivity contribution in [1.29, 1.82) is 0 Å². The summed E-state index contributed by atoms with van der Waals surface area (Å²) in [6.45, 7) is 0. The molecular weight excluding hydrogens is 248 g/mol. The summed E-state index contributed by atoms with van der Waals surface area (Å²) in [6.07, 6.45) is 0. The van der Waals surface area contributed by atoms with Gasteiger partial charge in [0, 0.05) is 5.56 Å². The molecule has 2 aromatic rings. The van der Waals surface area contributed by atoms with Crippen LogP contribution in [0.15, 0.2) is 53.5 Å². The minimum atomic E-state index is -0.198. The number of anilines is 1. The topological polar surface area (TPSA) is 41.5 Å². The van der Waals surface area contributed by atoms with Crippen molar-refractivity contribution in [1.82, 2.24) is 0 Å². The number of rotatable bonds is 1. The van der Waals surface area contributed by atoms with E-state index in [0.29, 0.717) is 16.4 Å². The van der Waals surface area contributed by atoms with Crippen LogP contribution in [0.5, 0.6) is 0 Å². The van der Waals surface area contributed by atoms with Crippen LogP contribution in [0.2, 0.25) is 5.02 Å². The van der Waals surface area contributed by atoms with Crippen LogP contribution >= 0.6 is 11.6 Å². The van der Waals surface area contributed by atoms with Crippen LogP contribution in [0.25, 0.3) is 0 Å². The lowest BCUT2D eigenvalue weighted by Crippen LogP contribution is -2.13. The Hall–Kier alpha value is -2.13. The van der Waals surface area contributed by atoms with Crippen LogP contribution in [-0.4, -0.2) is 11.6 Å². The highest BCUT2D eigenvalue weighted by Crippen LogP contribution is 2.28. The molecule has 0 spiro atoms. The lowest BCUT2D eigenvalue weighted by molar-refractivity contribution is -0.110. The Labute approximate surface area is 109 Å². The monoisotopic (exact) mass is 256 g/mol. The highest BCUT2D eigenvalue weighted by atomic mass is 35.5. The van der Waals surface area contributed by atoms with Gasteiger partial charge in [0.1, 0.15) is 5.71 Å². The van der Waals surface area contributed by atoms with E-state index in [1.54, 1.807) is 12.1 Å². The Morgan fingerprint density at radius 2 is 1.72 bits per heavy atom. The zero-order chi connectivity index (χ0) is 12.5. The van der Waals surface area contributed by atoms with Gasteiger partial charge in [0.15, 0.2) is 0 Å². The minimum absolute atomic E-state index is 0.198. The molecule has 0 saturated heterocycles. The lowest BCUT2D eigenvalue weighted by Gasteiger charge is -1.99. The first-order valence-corrected chi connectivity index (χ1v) is 5.87. The lowest BCUT2D eigenvalue weighted by atomic mass is 10.1. The van der Waals surface area contributed by atoms with Gasteiger partial charge in [0.05, 0.1) is 16.4 Å². The Morgan fingerprint density at radius 1 is 1.00 bits per heavy atom. The van der Waals surface area contributed by atoms with Crippen molar-refractivity contribution in [3.05, 3.63) is 59.1 Å². The van der Waals surface area contributed by atoms with E-state index in [1.807, 2.05) is 36.4 Å². The molecule has 0 fully saturated rings. The molecule has 0 saturated carbocycles. The van der Waals surface area contributed by atoms with Crippen LogP contribution in [0.3, 0.4) is 0 Å². The molecule has 1 aliphatic heterocycles. The molecule has 2 aromatic carbocycles. The van der Waals surface area contributed by atoms with E-state index in [-0.39, 0.29) is 5.91 Å². The highest BCUT2D eigenvalue weighted by Gasteiger charge is 2.25. The van der Waals surface area contributed by atoms with Gasteiger partial charge in [-0.05, 0) is 18.2 Å². The maximum atomic E-state index is 11.9. The van der Waals surface area contributed by atoms with Gasteiger partial charge in [-0.1, -0.05) is 41.9 Å². The Kier molecular flexibility index (Phi) is 2.61. The molecule has 3 nitrogen and oxygen atoms in total. The normalized spacial score (nSPS) is 15.6. The molecule has 0 radical (unpaired) electrons. The molecular formula is C14H9ClN2O. The predicted octanol–water partition coefficient (Wildman–Crippen LogP) is 3.41. The average Bonchev–Trinajstić information content (AvgIpc) is 2.69. The van der Waals surface area contributed by atoms with Gasteiger partial charge in [0.25, 0.3) is 5.91 Å². The maximum absolute atomic E-state index is 11.9. The third-order valence-electron chi connectivity index (χ3n) is 2.73. The quantitative estimate of drug-likeness (QED) is 0.835. The molecule has 1 amide bonds. The fraction of sp³-hybridized carbons (Fsp3) is 0. The number of aliphatic imine (C=N–C) groups is 1. The molecule has 1 heterocycles. The van der Waals surface area contributed by atoms with Crippen LogP contribution < -0.4 is 5.32 Å². The van der Waals surface area contributed by atoms with Crippen molar-refractivity contribution in [2.45, 2.75) is 0 Å². The second-order valence-corrected chi connectivity index (χ2v) is 4.32. The summed E-state index contributed by atoms with van der Waals surface area (Å²) >= 11 is 6.04. The first-order chi connectivity index (χ1) is 8.75. The summed E-state index contributed by atoms with van der Waals surface area (Å²) in [7, 11) is 0. The number of para-hydroxylation sites is 2. The van der Waals surface area contributed by atoms with E-state index < -0.39 is 0 Å². The average molecular weight is 257 g/mol. The van der Waals surface area contributed by atoms with Crippen LogP contribution in [0, 0.1) is 0 Å². The summed E-state index contributed by atoms with van der Waals surface area (Å²) in [4.78, 5) is 16.2. The second kappa shape index (κ2) is 4.27. The maximum Gasteiger partial charge on any atom is 0.275 e. The van der Waals surface area contributed by atoms with Gasteiger partial charge in [-0.3, -0.25) is 4.79 Å². The fourth-order valence-electron chi connectivity index (χ4n) is 1.88. The Morgan fingerprint density at radius 3 is 2.56 bits per heavy atom. The molecule has 1 aliphatic rings. The third-order valence-corrected chi connectivity index (χ3v) is 3.05. The van der Waals surface area contributed by atoms with Crippen LogP contribution in [0.1, 0.15) is 5.56 Å². The van der Waals surface area contributed by atoms with Gasteiger partial charge in [0.2, 0.25) is 0 Å². The zero-order valence-electron chi connectivity index (χ0n) is 9.35. The number of nitrogens with one attached hydrogen (secondary N) is 1. The van der Waals surface area contributed by atoms with Crippen molar-refractivity contribution in [3.8, 4) is 0 Å². The summed E-state index contributed by atoms with van der Waals surface area (Å²) in [6, 6.07) is 14.7. The number of amides is 1. The van der Waals surface area contributed by atoms with Gasteiger partial charge in [-0.25, -0.2) is 4.99 Å². The van der Waals surface area contributed by atoms with Gasteiger partial charge < -0.3 is 5.32 Å². The SMILES string of the molecule is O=C1Nc2ccccc2C1=Nc1ccccc1Cl. The second-order valence-electron chi connectivity index (χ2n) is 3.91. The first-order valence-electron chi connectivity index (χ1n) is 5.50. The minimum Gasteiger partial charge on any atom is -0.320 e. The van der Waals surface area contributed by atoms with Gasteiger partial charge in [-0.15, -0.1) is 0 Å². The molecule has 4 heteroatoms. The van der Waals surface area contributed by atoms with Crippen LogP contribution in [-0.2, 0) is 4.79 Å². The van der Waals surface area contributed by atoms with E-state index in [9.17, 15) is 4.79 Å².